The van der Waals surface area contributed by atoms with Crippen LogP contribution in [0.3, 0.4) is 0 Å². The molecule has 0 aliphatic carbocycles. The second-order valence-corrected chi connectivity index (χ2v) is 4.87. The minimum atomic E-state index is -0.823. The van der Waals surface area contributed by atoms with Gasteiger partial charge in [0.25, 0.3) is 0 Å². The predicted molar refractivity (Wildman–Crippen MR) is 69.2 cm³/mol. The van der Waals surface area contributed by atoms with Crippen molar-refractivity contribution in [3.63, 3.8) is 0 Å². The first-order chi connectivity index (χ1) is 7.64. The number of hydrogen-bond donors (Lipinski definition) is 2. The molecule has 1 heterocycles. The molecule has 0 fully saturated rings. The topological polar surface area (TPSA) is 80.1 Å². The van der Waals surface area contributed by atoms with Gasteiger partial charge in [-0.2, -0.15) is 0 Å². The number of likely N-dealkylation sites (N-methyl/N-ethyl adjacent to an activating group) is 1. The van der Waals surface area contributed by atoms with Gasteiger partial charge in [-0.1, -0.05) is 0 Å². The van der Waals surface area contributed by atoms with E-state index < -0.39 is 11.6 Å². The van der Waals surface area contributed by atoms with Crippen LogP contribution in [-0.2, 0) is 4.74 Å². The highest BCUT2D eigenvalue weighted by molar-refractivity contribution is 5.87. The van der Waals surface area contributed by atoms with E-state index in [-0.39, 0.29) is 6.10 Å². The maximum Gasteiger partial charge on any atom is 0.166 e. The molecule has 0 radical (unpaired) electrons. The predicted octanol–water partition coefficient (Wildman–Crippen LogP) is -0.0481. The number of aliphatic imine (C=N–C) groups is 1. The highest BCUT2D eigenvalue weighted by Gasteiger charge is 2.45. The third-order valence-corrected chi connectivity index (χ3v) is 3.50. The highest BCUT2D eigenvalue weighted by Crippen LogP contribution is 2.26. The van der Waals surface area contributed by atoms with Crippen molar-refractivity contribution >= 4 is 5.84 Å². The maximum atomic E-state index is 6.30. The molecule has 0 aromatic rings. The summed E-state index contributed by atoms with van der Waals surface area (Å²) < 4.78 is 5.57. The molecule has 0 aromatic heterocycles. The van der Waals surface area contributed by atoms with E-state index in [1.165, 1.54) is 0 Å². The lowest BCUT2D eigenvalue weighted by molar-refractivity contribution is -0.0602. The van der Waals surface area contributed by atoms with Gasteiger partial charge in [0.05, 0.1) is 0 Å². The van der Waals surface area contributed by atoms with Gasteiger partial charge in [0.15, 0.2) is 5.79 Å². The van der Waals surface area contributed by atoms with Gasteiger partial charge in [-0.3, -0.25) is 11.5 Å². The second-order valence-electron chi connectivity index (χ2n) is 4.87. The van der Waals surface area contributed by atoms with E-state index >= 15 is 0 Å². The Labute approximate surface area is 104 Å². The third-order valence-electron chi connectivity index (χ3n) is 3.50. The van der Waals surface area contributed by atoms with Gasteiger partial charge in [-0.25, -0.2) is 9.89 Å². The van der Waals surface area contributed by atoms with Crippen molar-refractivity contribution in [3.05, 3.63) is 0 Å². The summed E-state index contributed by atoms with van der Waals surface area (Å²) in [5.74, 6) is -0.734. The largest absolute Gasteiger partial charge is 0.371 e. The number of nitrogens with two attached hydrogens (primary N) is 2. The van der Waals surface area contributed by atoms with Crippen molar-refractivity contribution < 1.29 is 4.74 Å². The molecule has 100 valence electrons. The van der Waals surface area contributed by atoms with Crippen LogP contribution in [0.15, 0.2) is 4.99 Å². The van der Waals surface area contributed by atoms with Crippen LogP contribution >= 0.6 is 0 Å². The maximum absolute atomic E-state index is 6.30. The van der Waals surface area contributed by atoms with Gasteiger partial charge >= 0.3 is 0 Å². The summed E-state index contributed by atoms with van der Waals surface area (Å²) in [5.41, 5.74) is 12.5. The van der Waals surface area contributed by atoms with Gasteiger partial charge < -0.3 is 9.64 Å². The number of amidine groups is 1. The Hall–Kier alpha value is -0.690. The monoisotopic (exact) mass is 243 g/mol. The molecule has 0 saturated carbocycles. The molecule has 6 nitrogen and oxygen atoms in total. The van der Waals surface area contributed by atoms with Crippen LogP contribution in [0.2, 0.25) is 0 Å². The van der Waals surface area contributed by atoms with Crippen molar-refractivity contribution in [1.29, 1.82) is 0 Å². The van der Waals surface area contributed by atoms with Crippen LogP contribution in [-0.4, -0.2) is 54.0 Å². The Balaban J connectivity index is 3.13. The van der Waals surface area contributed by atoms with Gasteiger partial charge in [0.1, 0.15) is 17.7 Å². The molecule has 3 atom stereocenters. The molecule has 3 unspecified atom stereocenters. The summed E-state index contributed by atoms with van der Waals surface area (Å²) in [7, 11) is 3.77. The summed E-state index contributed by atoms with van der Waals surface area (Å²) in [5, 5.41) is 0. The molecule has 17 heavy (non-hydrogen) atoms. The quantitative estimate of drug-likeness (QED) is 0.726. The third kappa shape index (κ3) is 2.44. The average Bonchev–Trinajstić information content (AvgIpc) is 2.22. The van der Waals surface area contributed by atoms with E-state index in [0.717, 1.165) is 5.84 Å². The van der Waals surface area contributed by atoms with Crippen LogP contribution in [0.25, 0.3) is 0 Å². The van der Waals surface area contributed by atoms with Gasteiger partial charge in [0, 0.05) is 13.7 Å². The van der Waals surface area contributed by atoms with Gasteiger partial charge in [-0.05, 0) is 34.7 Å². The molecule has 0 saturated heterocycles. The first-order valence-corrected chi connectivity index (χ1v) is 5.91. The summed E-state index contributed by atoms with van der Waals surface area (Å²) in [6.45, 7) is 8.28. The summed E-state index contributed by atoms with van der Waals surface area (Å²) in [4.78, 5) is 8.27. The molecule has 1 aliphatic heterocycles. The Morgan fingerprint density at radius 2 is 1.88 bits per heavy atom. The van der Waals surface area contributed by atoms with Crippen LogP contribution in [0.5, 0.6) is 0 Å². The minimum Gasteiger partial charge on any atom is -0.371 e. The van der Waals surface area contributed by atoms with Crippen molar-refractivity contribution in [2.45, 2.75) is 45.4 Å². The fourth-order valence-corrected chi connectivity index (χ4v) is 1.99. The van der Waals surface area contributed by atoms with E-state index in [0.29, 0.717) is 6.61 Å². The van der Waals surface area contributed by atoms with E-state index in [4.69, 9.17) is 16.2 Å². The molecular weight excluding hydrogens is 218 g/mol. The molecule has 0 aromatic carbocycles. The second kappa shape index (κ2) is 4.53. The molecule has 6 heteroatoms. The average molecular weight is 243 g/mol. The molecule has 4 N–H and O–H groups in total. The lowest BCUT2D eigenvalue weighted by Crippen LogP contribution is -2.75. The molecule has 0 bridgehead atoms. The molecule has 1 aliphatic rings. The minimum absolute atomic E-state index is 0.121. The van der Waals surface area contributed by atoms with Crippen molar-refractivity contribution in [2.75, 3.05) is 20.7 Å². The highest BCUT2D eigenvalue weighted by atomic mass is 16.5. The van der Waals surface area contributed by atoms with Crippen molar-refractivity contribution in [1.82, 2.24) is 9.80 Å². The van der Waals surface area contributed by atoms with Crippen LogP contribution < -0.4 is 11.5 Å². The molecule has 1 rings (SSSR count). The summed E-state index contributed by atoms with van der Waals surface area (Å²) in [6.07, 6.45) is -0.121. The summed E-state index contributed by atoms with van der Waals surface area (Å²) in [6, 6.07) is 0. The van der Waals surface area contributed by atoms with Gasteiger partial charge in [-0.15, -0.1) is 0 Å². The fraction of sp³-hybridized carbons (Fsp3) is 0.909. The summed E-state index contributed by atoms with van der Waals surface area (Å²) >= 11 is 0. The number of ether oxygens (including phenoxy) is 1. The zero-order valence-electron chi connectivity index (χ0n) is 11.7. The number of nitrogens with zero attached hydrogens (tertiary/aromatic N) is 3. The first kappa shape index (κ1) is 14.4. The lowest BCUT2D eigenvalue weighted by Gasteiger charge is -2.53. The SMILES string of the molecule is CCOC(C)C1=NC(C)(N)N(C)C(C)(N)N1C. The van der Waals surface area contributed by atoms with Crippen molar-refractivity contribution in [3.8, 4) is 0 Å². The molecule has 0 amide bonds. The fourth-order valence-electron chi connectivity index (χ4n) is 1.99. The van der Waals surface area contributed by atoms with E-state index in [9.17, 15) is 0 Å². The smallest absolute Gasteiger partial charge is 0.166 e. The normalized spacial score (nSPS) is 36.9. The number of hydrogen-bond acceptors (Lipinski definition) is 6. The van der Waals surface area contributed by atoms with Crippen LogP contribution in [0, 0.1) is 0 Å². The Bertz CT molecular complexity index is 313. The zero-order chi connectivity index (χ0) is 13.4. The van der Waals surface area contributed by atoms with Crippen LogP contribution in [0.1, 0.15) is 27.7 Å². The van der Waals surface area contributed by atoms with Crippen LogP contribution in [0.4, 0.5) is 0 Å². The Morgan fingerprint density at radius 3 is 2.35 bits per heavy atom. The molecular formula is C11H25N5O. The van der Waals surface area contributed by atoms with E-state index in [1.807, 2.05) is 51.6 Å². The Morgan fingerprint density at radius 1 is 1.35 bits per heavy atom. The first-order valence-electron chi connectivity index (χ1n) is 5.91. The van der Waals surface area contributed by atoms with E-state index in [2.05, 4.69) is 4.99 Å². The number of rotatable bonds is 3. The molecule has 0 spiro atoms. The Kier molecular flexibility index (Phi) is 3.83. The van der Waals surface area contributed by atoms with Crippen molar-refractivity contribution in [2.24, 2.45) is 16.5 Å². The van der Waals surface area contributed by atoms with Gasteiger partial charge in [0.2, 0.25) is 0 Å². The lowest BCUT2D eigenvalue weighted by atomic mass is 10.1. The standard InChI is InChI=1S/C11H25N5O/c1-7-17-8(2)9-14-10(3,12)16(6)11(4,13)15(9)5/h8H,7,12-13H2,1-6H3. The zero-order valence-corrected chi connectivity index (χ0v) is 11.7. The van der Waals surface area contributed by atoms with E-state index in [1.54, 1.807) is 0 Å².